The van der Waals surface area contributed by atoms with Gasteiger partial charge in [-0.2, -0.15) is 0 Å². The van der Waals surface area contributed by atoms with Crippen LogP contribution in [0.3, 0.4) is 0 Å². The van der Waals surface area contributed by atoms with Gasteiger partial charge >= 0.3 is 0 Å². The highest BCUT2D eigenvalue weighted by Crippen LogP contribution is 2.24. The summed E-state index contributed by atoms with van der Waals surface area (Å²) in [7, 11) is 0. The molecule has 2 aromatic rings. The topological polar surface area (TPSA) is 48.5 Å². The summed E-state index contributed by atoms with van der Waals surface area (Å²) >= 11 is 0. The zero-order valence-corrected chi connectivity index (χ0v) is 15.5. The lowest BCUT2D eigenvalue weighted by Gasteiger charge is -2.37. The van der Waals surface area contributed by atoms with Crippen molar-refractivity contribution in [3.8, 4) is 0 Å². The number of benzene rings is 1. The maximum absolute atomic E-state index is 12.8. The van der Waals surface area contributed by atoms with Gasteiger partial charge in [-0.25, -0.2) is 0 Å². The van der Waals surface area contributed by atoms with Crippen LogP contribution in [0.1, 0.15) is 21.6 Å². The maximum Gasteiger partial charge on any atom is 0.272 e. The molecule has 3 rings (SSSR count). The van der Waals surface area contributed by atoms with Crippen molar-refractivity contribution in [3.63, 3.8) is 0 Å². The highest BCUT2D eigenvalue weighted by Gasteiger charge is 2.24. The fraction of sp³-hybridized carbons (Fsp3) is 0.333. The summed E-state index contributed by atoms with van der Waals surface area (Å²) in [5.74, 6) is -0.00660. The minimum atomic E-state index is -0.00660. The Labute approximate surface area is 155 Å². The van der Waals surface area contributed by atoms with Gasteiger partial charge in [-0.15, -0.1) is 6.58 Å². The number of aryl methyl sites for hydroxylation is 1. The van der Waals surface area contributed by atoms with Gasteiger partial charge in [0.15, 0.2) is 0 Å². The van der Waals surface area contributed by atoms with E-state index in [4.69, 9.17) is 0 Å². The average Bonchev–Trinajstić information content (AvgIpc) is 2.68. The second-order valence-corrected chi connectivity index (χ2v) is 6.60. The summed E-state index contributed by atoms with van der Waals surface area (Å²) in [6.07, 6.45) is 3.46. The maximum atomic E-state index is 12.8. The van der Waals surface area contributed by atoms with Crippen LogP contribution in [0.5, 0.6) is 0 Å². The second kappa shape index (κ2) is 8.04. The fourth-order valence-corrected chi connectivity index (χ4v) is 3.24. The molecule has 1 fully saturated rings. The zero-order valence-electron chi connectivity index (χ0n) is 15.5. The van der Waals surface area contributed by atoms with E-state index in [1.54, 1.807) is 12.3 Å². The summed E-state index contributed by atoms with van der Waals surface area (Å²) in [6.45, 7) is 11.7. The zero-order chi connectivity index (χ0) is 18.5. The van der Waals surface area contributed by atoms with Crippen molar-refractivity contribution in [2.75, 3.05) is 42.9 Å². The third-order valence-corrected chi connectivity index (χ3v) is 4.91. The molecule has 26 heavy (non-hydrogen) atoms. The summed E-state index contributed by atoms with van der Waals surface area (Å²) in [6, 6.07) is 10.1. The van der Waals surface area contributed by atoms with E-state index in [9.17, 15) is 4.79 Å². The number of hydrogen-bond acceptors (Lipinski definition) is 4. The van der Waals surface area contributed by atoms with Crippen LogP contribution >= 0.6 is 0 Å². The van der Waals surface area contributed by atoms with Crippen LogP contribution in [-0.4, -0.2) is 48.5 Å². The molecule has 0 saturated carbocycles. The normalized spacial score (nSPS) is 14.2. The Morgan fingerprint density at radius 2 is 2.00 bits per heavy atom. The highest BCUT2D eigenvalue weighted by atomic mass is 16.2. The Morgan fingerprint density at radius 1 is 1.23 bits per heavy atom. The molecule has 0 bridgehead atoms. The van der Waals surface area contributed by atoms with E-state index in [0.29, 0.717) is 25.3 Å². The minimum absolute atomic E-state index is 0.00660. The monoisotopic (exact) mass is 350 g/mol. The van der Waals surface area contributed by atoms with Gasteiger partial charge in [0.1, 0.15) is 5.69 Å². The molecule has 1 aromatic heterocycles. The van der Waals surface area contributed by atoms with E-state index in [-0.39, 0.29) is 5.91 Å². The van der Waals surface area contributed by atoms with Crippen LogP contribution in [-0.2, 0) is 0 Å². The number of pyridine rings is 1. The molecule has 0 unspecified atom stereocenters. The van der Waals surface area contributed by atoms with Crippen LogP contribution in [0.2, 0.25) is 0 Å². The number of hydrogen-bond donors (Lipinski definition) is 1. The summed E-state index contributed by atoms with van der Waals surface area (Å²) in [5.41, 5.74) is 5.26. The molecule has 1 N–H and O–H groups in total. The number of nitrogens with zero attached hydrogens (tertiary/aromatic N) is 3. The van der Waals surface area contributed by atoms with Gasteiger partial charge in [0, 0.05) is 50.3 Å². The van der Waals surface area contributed by atoms with Crippen molar-refractivity contribution in [2.24, 2.45) is 0 Å². The first-order valence-electron chi connectivity index (χ1n) is 9.01. The first-order valence-corrected chi connectivity index (χ1v) is 9.01. The molecule has 0 atom stereocenters. The molecule has 1 aromatic carbocycles. The molecule has 2 heterocycles. The molecule has 0 aliphatic carbocycles. The standard InChI is InChI=1S/C21H26N4O/c1-4-9-22-18-8-10-23-19(15-18)21(26)25-13-11-24(12-14-25)20-7-5-6-16(2)17(20)3/h4-8,10,15H,1,9,11-14H2,2-3H3,(H,22,23). The third-order valence-electron chi connectivity index (χ3n) is 4.91. The Morgan fingerprint density at radius 3 is 2.73 bits per heavy atom. The average molecular weight is 350 g/mol. The van der Waals surface area contributed by atoms with E-state index in [0.717, 1.165) is 18.8 Å². The van der Waals surface area contributed by atoms with Gasteiger partial charge in [-0.1, -0.05) is 18.2 Å². The summed E-state index contributed by atoms with van der Waals surface area (Å²) in [4.78, 5) is 21.3. The van der Waals surface area contributed by atoms with E-state index in [1.807, 2.05) is 17.0 Å². The van der Waals surface area contributed by atoms with E-state index >= 15 is 0 Å². The second-order valence-electron chi connectivity index (χ2n) is 6.60. The molecule has 1 amide bonds. The Balaban J connectivity index is 1.65. The van der Waals surface area contributed by atoms with Crippen LogP contribution < -0.4 is 10.2 Å². The molecule has 1 aliphatic rings. The molecular formula is C21H26N4O. The molecule has 1 saturated heterocycles. The number of nitrogens with one attached hydrogen (secondary N) is 1. The largest absolute Gasteiger partial charge is 0.381 e. The van der Waals surface area contributed by atoms with Gasteiger partial charge < -0.3 is 15.1 Å². The first-order chi connectivity index (χ1) is 12.6. The van der Waals surface area contributed by atoms with Crippen molar-refractivity contribution >= 4 is 17.3 Å². The SMILES string of the molecule is C=CCNc1ccnc(C(=O)N2CCN(c3cccc(C)c3C)CC2)c1. The van der Waals surface area contributed by atoms with Crippen molar-refractivity contribution in [2.45, 2.75) is 13.8 Å². The lowest BCUT2D eigenvalue weighted by Crippen LogP contribution is -2.49. The molecule has 5 heteroatoms. The van der Waals surface area contributed by atoms with Gasteiger partial charge in [-0.3, -0.25) is 9.78 Å². The Kier molecular flexibility index (Phi) is 5.56. The first kappa shape index (κ1) is 18.0. The summed E-state index contributed by atoms with van der Waals surface area (Å²) < 4.78 is 0. The lowest BCUT2D eigenvalue weighted by molar-refractivity contribution is 0.0741. The van der Waals surface area contributed by atoms with E-state index < -0.39 is 0 Å². The number of anilines is 2. The molecule has 1 aliphatic heterocycles. The molecule has 0 radical (unpaired) electrons. The van der Waals surface area contributed by atoms with Gasteiger partial charge in [0.2, 0.25) is 0 Å². The number of piperazine rings is 1. The van der Waals surface area contributed by atoms with Gasteiger partial charge in [0.05, 0.1) is 0 Å². The van der Waals surface area contributed by atoms with E-state index in [1.165, 1.54) is 16.8 Å². The lowest BCUT2D eigenvalue weighted by atomic mass is 10.1. The Bertz CT molecular complexity index is 794. The third kappa shape index (κ3) is 3.87. The number of carbonyl (C=O) groups is 1. The number of carbonyl (C=O) groups excluding carboxylic acids is 1. The summed E-state index contributed by atoms with van der Waals surface area (Å²) in [5, 5.41) is 3.20. The van der Waals surface area contributed by atoms with Crippen LogP contribution in [0.25, 0.3) is 0 Å². The smallest absolute Gasteiger partial charge is 0.272 e. The molecule has 136 valence electrons. The number of amides is 1. The molecular weight excluding hydrogens is 324 g/mol. The quantitative estimate of drug-likeness (QED) is 0.841. The minimum Gasteiger partial charge on any atom is -0.381 e. The highest BCUT2D eigenvalue weighted by molar-refractivity contribution is 5.93. The van der Waals surface area contributed by atoms with Crippen molar-refractivity contribution in [1.82, 2.24) is 9.88 Å². The fourth-order valence-electron chi connectivity index (χ4n) is 3.24. The van der Waals surface area contributed by atoms with Crippen molar-refractivity contribution in [1.29, 1.82) is 0 Å². The van der Waals surface area contributed by atoms with E-state index in [2.05, 4.69) is 53.8 Å². The van der Waals surface area contributed by atoms with Crippen molar-refractivity contribution in [3.05, 3.63) is 66.0 Å². The molecule has 0 spiro atoms. The number of rotatable bonds is 5. The van der Waals surface area contributed by atoms with Gasteiger partial charge in [-0.05, 0) is 43.2 Å². The van der Waals surface area contributed by atoms with Crippen molar-refractivity contribution < 1.29 is 4.79 Å². The molecule has 5 nitrogen and oxygen atoms in total. The predicted molar refractivity (Wildman–Crippen MR) is 107 cm³/mol. The van der Waals surface area contributed by atoms with Crippen LogP contribution in [0.4, 0.5) is 11.4 Å². The Hall–Kier alpha value is -2.82. The van der Waals surface area contributed by atoms with Crippen LogP contribution in [0.15, 0.2) is 49.2 Å². The number of aromatic nitrogens is 1. The van der Waals surface area contributed by atoms with Gasteiger partial charge in [0.25, 0.3) is 5.91 Å². The predicted octanol–water partition coefficient (Wildman–Crippen LogP) is 3.26. The van der Waals surface area contributed by atoms with Crippen LogP contribution in [0, 0.1) is 13.8 Å².